The molecular weight excluding hydrogens is 290 g/mol. The van der Waals surface area contributed by atoms with E-state index in [2.05, 4.69) is 24.1 Å². The molecule has 2 rings (SSSR count). The highest BCUT2D eigenvalue weighted by atomic mass is 16.2. The van der Waals surface area contributed by atoms with E-state index in [0.29, 0.717) is 13.1 Å². The molecule has 126 valence electrons. The molecule has 1 N–H and O–H groups in total. The Morgan fingerprint density at radius 3 is 2.61 bits per heavy atom. The van der Waals surface area contributed by atoms with Crippen LogP contribution in [0.5, 0.6) is 0 Å². The smallest absolute Gasteiger partial charge is 0.237 e. The molecule has 1 atom stereocenters. The lowest BCUT2D eigenvalue weighted by Crippen LogP contribution is -2.58. The molecule has 1 saturated heterocycles. The number of amides is 2. The lowest BCUT2D eigenvalue weighted by Gasteiger charge is -2.38. The number of hydrogen-bond donors (Lipinski definition) is 1. The standard InChI is InChI=1S/C18H27N3O2/c1-13(2)21-10-9-19-18(23)16(21)11-17(22)20(4)12-15-7-5-14(3)6-8-15/h5-8,13,16H,9-12H2,1-4H3,(H,19,23)/t16-/m0/s1. The molecule has 1 aliphatic heterocycles. The number of hydrogen-bond acceptors (Lipinski definition) is 3. The van der Waals surface area contributed by atoms with Crippen molar-refractivity contribution in [2.45, 2.75) is 45.8 Å². The van der Waals surface area contributed by atoms with E-state index in [4.69, 9.17) is 0 Å². The van der Waals surface area contributed by atoms with Gasteiger partial charge in [-0.1, -0.05) is 29.8 Å². The van der Waals surface area contributed by atoms with E-state index in [9.17, 15) is 9.59 Å². The fourth-order valence-corrected chi connectivity index (χ4v) is 2.94. The third kappa shape index (κ3) is 4.55. The molecule has 1 aromatic carbocycles. The van der Waals surface area contributed by atoms with Crippen LogP contribution in [0.2, 0.25) is 0 Å². The Labute approximate surface area is 138 Å². The highest BCUT2D eigenvalue weighted by Crippen LogP contribution is 2.15. The molecule has 0 unspecified atom stereocenters. The first-order chi connectivity index (χ1) is 10.9. The summed E-state index contributed by atoms with van der Waals surface area (Å²) in [6.07, 6.45) is 0.229. The lowest BCUT2D eigenvalue weighted by atomic mass is 10.1. The average Bonchev–Trinajstić information content (AvgIpc) is 2.51. The highest BCUT2D eigenvalue weighted by molar-refractivity contribution is 5.88. The zero-order valence-electron chi connectivity index (χ0n) is 14.5. The van der Waals surface area contributed by atoms with Crippen LogP contribution in [0, 0.1) is 6.92 Å². The van der Waals surface area contributed by atoms with Crippen molar-refractivity contribution in [3.63, 3.8) is 0 Å². The zero-order chi connectivity index (χ0) is 17.0. The van der Waals surface area contributed by atoms with Crippen molar-refractivity contribution in [2.75, 3.05) is 20.1 Å². The summed E-state index contributed by atoms with van der Waals surface area (Å²) < 4.78 is 0. The van der Waals surface area contributed by atoms with Gasteiger partial charge in [-0.2, -0.15) is 0 Å². The molecule has 0 radical (unpaired) electrons. The summed E-state index contributed by atoms with van der Waals surface area (Å²) in [6.45, 7) is 8.18. The van der Waals surface area contributed by atoms with Crippen molar-refractivity contribution in [2.24, 2.45) is 0 Å². The van der Waals surface area contributed by atoms with Gasteiger partial charge in [-0.15, -0.1) is 0 Å². The van der Waals surface area contributed by atoms with Gasteiger partial charge in [0.25, 0.3) is 0 Å². The van der Waals surface area contributed by atoms with Gasteiger partial charge in [0.05, 0.1) is 12.5 Å². The van der Waals surface area contributed by atoms with Crippen LogP contribution < -0.4 is 5.32 Å². The van der Waals surface area contributed by atoms with Gasteiger partial charge in [0.1, 0.15) is 0 Å². The Kier molecular flexibility index (Phi) is 5.77. The maximum absolute atomic E-state index is 12.5. The number of benzene rings is 1. The van der Waals surface area contributed by atoms with E-state index in [1.807, 2.05) is 31.2 Å². The van der Waals surface area contributed by atoms with Crippen LogP contribution >= 0.6 is 0 Å². The minimum Gasteiger partial charge on any atom is -0.353 e. The Balaban J connectivity index is 1.98. The van der Waals surface area contributed by atoms with Gasteiger partial charge in [-0.05, 0) is 26.3 Å². The molecule has 5 nitrogen and oxygen atoms in total. The monoisotopic (exact) mass is 317 g/mol. The second-order valence-corrected chi connectivity index (χ2v) is 6.58. The second-order valence-electron chi connectivity index (χ2n) is 6.58. The highest BCUT2D eigenvalue weighted by Gasteiger charge is 2.33. The Morgan fingerprint density at radius 2 is 2.00 bits per heavy atom. The maximum Gasteiger partial charge on any atom is 0.237 e. The van der Waals surface area contributed by atoms with Crippen LogP contribution in [0.3, 0.4) is 0 Å². The number of rotatable bonds is 5. The van der Waals surface area contributed by atoms with Crippen molar-refractivity contribution >= 4 is 11.8 Å². The summed E-state index contributed by atoms with van der Waals surface area (Å²) >= 11 is 0. The van der Waals surface area contributed by atoms with E-state index in [0.717, 1.165) is 12.1 Å². The molecule has 0 bridgehead atoms. The summed E-state index contributed by atoms with van der Waals surface area (Å²) in [7, 11) is 1.79. The normalized spacial score (nSPS) is 18.8. The zero-order valence-corrected chi connectivity index (χ0v) is 14.5. The van der Waals surface area contributed by atoms with Crippen molar-refractivity contribution < 1.29 is 9.59 Å². The second kappa shape index (κ2) is 7.59. The van der Waals surface area contributed by atoms with Gasteiger partial charge < -0.3 is 10.2 Å². The third-order valence-electron chi connectivity index (χ3n) is 4.37. The van der Waals surface area contributed by atoms with Crippen LogP contribution in [0.4, 0.5) is 0 Å². The topological polar surface area (TPSA) is 52.7 Å². The van der Waals surface area contributed by atoms with Gasteiger partial charge >= 0.3 is 0 Å². The molecular formula is C18H27N3O2. The first-order valence-corrected chi connectivity index (χ1v) is 8.21. The van der Waals surface area contributed by atoms with Crippen LogP contribution in [0.25, 0.3) is 0 Å². The van der Waals surface area contributed by atoms with Crippen LogP contribution in [0.15, 0.2) is 24.3 Å². The minimum atomic E-state index is -0.364. The average molecular weight is 317 g/mol. The number of piperazine rings is 1. The molecule has 0 aliphatic carbocycles. The fourth-order valence-electron chi connectivity index (χ4n) is 2.94. The van der Waals surface area contributed by atoms with Crippen molar-refractivity contribution in [1.82, 2.24) is 15.1 Å². The number of carbonyl (C=O) groups excluding carboxylic acids is 2. The van der Waals surface area contributed by atoms with Crippen molar-refractivity contribution in [1.29, 1.82) is 0 Å². The number of aryl methyl sites for hydroxylation is 1. The van der Waals surface area contributed by atoms with Crippen molar-refractivity contribution in [3.05, 3.63) is 35.4 Å². The van der Waals surface area contributed by atoms with Crippen LogP contribution in [-0.4, -0.2) is 53.8 Å². The Morgan fingerprint density at radius 1 is 1.35 bits per heavy atom. The van der Waals surface area contributed by atoms with Gasteiger partial charge in [0.15, 0.2) is 0 Å². The first kappa shape index (κ1) is 17.5. The van der Waals surface area contributed by atoms with Crippen LogP contribution in [0.1, 0.15) is 31.4 Å². The molecule has 0 spiro atoms. The summed E-state index contributed by atoms with van der Waals surface area (Å²) in [5, 5.41) is 2.87. The molecule has 0 saturated carbocycles. The molecule has 1 aromatic rings. The summed E-state index contributed by atoms with van der Waals surface area (Å²) in [4.78, 5) is 28.5. The predicted octanol–water partition coefficient (Wildman–Crippen LogP) is 1.55. The fraction of sp³-hybridized carbons (Fsp3) is 0.556. The number of nitrogens with zero attached hydrogens (tertiary/aromatic N) is 2. The molecule has 0 aromatic heterocycles. The summed E-state index contributed by atoms with van der Waals surface area (Å²) in [5.41, 5.74) is 2.30. The Hall–Kier alpha value is -1.88. The van der Waals surface area contributed by atoms with Crippen LogP contribution in [-0.2, 0) is 16.1 Å². The third-order valence-corrected chi connectivity index (χ3v) is 4.37. The maximum atomic E-state index is 12.5. The lowest BCUT2D eigenvalue weighted by molar-refractivity contribution is -0.139. The molecule has 2 amide bonds. The predicted molar refractivity (Wildman–Crippen MR) is 90.9 cm³/mol. The molecule has 23 heavy (non-hydrogen) atoms. The van der Waals surface area contributed by atoms with E-state index in [-0.39, 0.29) is 30.3 Å². The number of carbonyl (C=O) groups is 2. The van der Waals surface area contributed by atoms with Gasteiger partial charge in [-0.25, -0.2) is 0 Å². The van der Waals surface area contributed by atoms with Gasteiger partial charge in [0, 0.05) is 32.7 Å². The molecule has 5 heteroatoms. The van der Waals surface area contributed by atoms with E-state index in [1.54, 1.807) is 11.9 Å². The largest absolute Gasteiger partial charge is 0.353 e. The quantitative estimate of drug-likeness (QED) is 0.896. The van der Waals surface area contributed by atoms with E-state index < -0.39 is 0 Å². The SMILES string of the molecule is Cc1ccc(CN(C)C(=O)C[C@H]2C(=O)NCCN2C(C)C)cc1. The van der Waals surface area contributed by atoms with Gasteiger partial charge in [-0.3, -0.25) is 14.5 Å². The Bertz CT molecular complexity index is 554. The molecule has 1 heterocycles. The van der Waals surface area contributed by atoms with E-state index >= 15 is 0 Å². The molecule has 1 fully saturated rings. The van der Waals surface area contributed by atoms with E-state index in [1.165, 1.54) is 5.56 Å². The first-order valence-electron chi connectivity index (χ1n) is 8.21. The molecule has 1 aliphatic rings. The van der Waals surface area contributed by atoms with Gasteiger partial charge in [0.2, 0.25) is 11.8 Å². The minimum absolute atomic E-state index is 0.00160. The van der Waals surface area contributed by atoms with Crippen molar-refractivity contribution in [3.8, 4) is 0 Å². The number of nitrogens with one attached hydrogen (secondary N) is 1. The summed E-state index contributed by atoms with van der Waals surface area (Å²) in [6, 6.07) is 8.04. The summed E-state index contributed by atoms with van der Waals surface area (Å²) in [5.74, 6) is -0.0414.